The number of hydrogen-bond acceptors (Lipinski definition) is 5. The highest BCUT2D eigenvalue weighted by Crippen LogP contribution is 2.31. The molecule has 0 aliphatic rings. The summed E-state index contributed by atoms with van der Waals surface area (Å²) in [6, 6.07) is 9.77. The number of benzene rings is 1. The minimum absolute atomic E-state index is 0.106. The van der Waals surface area contributed by atoms with Crippen LogP contribution in [0, 0.1) is 6.92 Å². The van der Waals surface area contributed by atoms with Crippen molar-refractivity contribution in [3.63, 3.8) is 0 Å². The standard InChI is InChI=1S/C24H25N3O3S/c1-4-10-30-21-12-25-18(11-20(21)28)13-27-15(3)26-23-22(24(27)29)19(14-31-23)17-8-6-16(5-2)7-9-17/h6-9,11-12,14H,4-5,10,13H2,1-3H3,(H,25,28). The SMILES string of the molecule is CCCOc1c[nH]c(Cn2c(C)nc3scc(-c4ccc(CC)cc4)c3c2=O)cc1=O. The predicted molar refractivity (Wildman–Crippen MR) is 125 cm³/mol. The highest BCUT2D eigenvalue weighted by molar-refractivity contribution is 7.17. The molecule has 31 heavy (non-hydrogen) atoms. The van der Waals surface area contributed by atoms with Gasteiger partial charge in [0.1, 0.15) is 10.7 Å². The maximum absolute atomic E-state index is 13.4. The molecule has 7 heteroatoms. The largest absolute Gasteiger partial charge is 0.488 e. The Bertz CT molecular complexity index is 1330. The predicted octanol–water partition coefficient (Wildman–Crippen LogP) is 4.52. The molecule has 1 N–H and O–H groups in total. The van der Waals surface area contributed by atoms with Crippen molar-refractivity contribution in [2.75, 3.05) is 6.61 Å². The summed E-state index contributed by atoms with van der Waals surface area (Å²) in [5, 5.41) is 2.61. The molecular formula is C24H25N3O3S. The van der Waals surface area contributed by atoms with Crippen molar-refractivity contribution in [3.05, 3.63) is 79.6 Å². The fourth-order valence-electron chi connectivity index (χ4n) is 3.53. The van der Waals surface area contributed by atoms with Crippen LogP contribution in [-0.4, -0.2) is 21.1 Å². The normalized spacial score (nSPS) is 11.2. The van der Waals surface area contributed by atoms with Crippen LogP contribution in [0.2, 0.25) is 0 Å². The van der Waals surface area contributed by atoms with E-state index >= 15 is 0 Å². The van der Waals surface area contributed by atoms with Crippen molar-refractivity contribution in [2.24, 2.45) is 0 Å². The topological polar surface area (TPSA) is 77.0 Å². The lowest BCUT2D eigenvalue weighted by atomic mass is 10.0. The number of aromatic nitrogens is 3. The number of nitrogens with one attached hydrogen (secondary N) is 1. The Morgan fingerprint density at radius 3 is 2.61 bits per heavy atom. The molecule has 3 heterocycles. The number of fused-ring (bicyclic) bond motifs is 1. The van der Waals surface area contributed by atoms with Crippen molar-refractivity contribution in [1.82, 2.24) is 14.5 Å². The maximum atomic E-state index is 13.4. The smallest absolute Gasteiger partial charge is 0.263 e. The molecule has 0 bridgehead atoms. The van der Waals surface area contributed by atoms with Crippen LogP contribution in [-0.2, 0) is 13.0 Å². The summed E-state index contributed by atoms with van der Waals surface area (Å²) in [7, 11) is 0. The molecule has 0 spiro atoms. The third-order valence-corrected chi connectivity index (χ3v) is 6.16. The molecule has 0 saturated carbocycles. The van der Waals surface area contributed by atoms with Crippen LogP contribution in [0.3, 0.4) is 0 Å². The number of nitrogens with zero attached hydrogens (tertiary/aromatic N) is 2. The second-order valence-corrected chi connectivity index (χ2v) is 8.32. The van der Waals surface area contributed by atoms with E-state index < -0.39 is 0 Å². The minimum Gasteiger partial charge on any atom is -0.488 e. The van der Waals surface area contributed by atoms with Crippen molar-refractivity contribution in [2.45, 2.75) is 40.2 Å². The van der Waals surface area contributed by atoms with E-state index in [1.54, 1.807) is 10.8 Å². The number of thiophene rings is 1. The zero-order valence-electron chi connectivity index (χ0n) is 17.9. The van der Waals surface area contributed by atoms with Gasteiger partial charge in [0.2, 0.25) is 5.43 Å². The number of pyridine rings is 1. The lowest BCUT2D eigenvalue weighted by Gasteiger charge is -2.11. The van der Waals surface area contributed by atoms with Gasteiger partial charge in [-0.15, -0.1) is 11.3 Å². The van der Waals surface area contributed by atoms with Crippen LogP contribution in [0.1, 0.15) is 37.4 Å². The van der Waals surface area contributed by atoms with Crippen molar-refractivity contribution < 1.29 is 4.74 Å². The summed E-state index contributed by atoms with van der Waals surface area (Å²) in [6.45, 7) is 6.64. The van der Waals surface area contributed by atoms with E-state index in [1.807, 2.05) is 19.2 Å². The van der Waals surface area contributed by atoms with Crippen LogP contribution in [0.25, 0.3) is 21.3 Å². The molecule has 1 aromatic carbocycles. The molecule has 0 aliphatic carbocycles. The molecule has 0 atom stereocenters. The first kappa shape index (κ1) is 21.1. The molecular weight excluding hydrogens is 410 g/mol. The van der Waals surface area contributed by atoms with Gasteiger partial charge in [0.25, 0.3) is 5.56 Å². The molecule has 4 aromatic rings. The molecule has 3 aromatic heterocycles. The first-order valence-corrected chi connectivity index (χ1v) is 11.3. The van der Waals surface area contributed by atoms with Gasteiger partial charge in [-0.1, -0.05) is 38.1 Å². The summed E-state index contributed by atoms with van der Waals surface area (Å²) in [5.41, 5.74) is 3.48. The molecule has 0 fully saturated rings. The number of rotatable bonds is 7. The average molecular weight is 436 g/mol. The van der Waals surface area contributed by atoms with Gasteiger partial charge in [-0.3, -0.25) is 14.2 Å². The van der Waals surface area contributed by atoms with E-state index in [2.05, 4.69) is 41.2 Å². The second-order valence-electron chi connectivity index (χ2n) is 7.47. The van der Waals surface area contributed by atoms with E-state index in [4.69, 9.17) is 4.74 Å². The third-order valence-electron chi connectivity index (χ3n) is 5.28. The first-order chi connectivity index (χ1) is 15.0. The second kappa shape index (κ2) is 8.89. The number of H-pyrrole nitrogens is 1. The highest BCUT2D eigenvalue weighted by Gasteiger charge is 2.16. The third kappa shape index (κ3) is 4.18. The van der Waals surface area contributed by atoms with Crippen molar-refractivity contribution in [3.8, 4) is 16.9 Å². The van der Waals surface area contributed by atoms with Gasteiger partial charge < -0.3 is 9.72 Å². The summed E-state index contributed by atoms with van der Waals surface area (Å²) in [5.74, 6) is 0.901. The molecule has 0 aliphatic heterocycles. The monoisotopic (exact) mass is 435 g/mol. The Hall–Kier alpha value is -3.19. The fraction of sp³-hybridized carbons (Fsp3) is 0.292. The molecule has 160 valence electrons. The number of aryl methyl sites for hydroxylation is 2. The zero-order chi connectivity index (χ0) is 22.0. The molecule has 0 saturated heterocycles. The van der Waals surface area contributed by atoms with E-state index in [9.17, 15) is 9.59 Å². The summed E-state index contributed by atoms with van der Waals surface area (Å²) < 4.78 is 7.05. The minimum atomic E-state index is -0.200. The van der Waals surface area contributed by atoms with Crippen molar-refractivity contribution >= 4 is 21.6 Å². The van der Waals surface area contributed by atoms with Gasteiger partial charge in [-0.2, -0.15) is 0 Å². The van der Waals surface area contributed by atoms with Gasteiger partial charge in [-0.05, 0) is 30.9 Å². The lowest BCUT2D eigenvalue weighted by molar-refractivity contribution is 0.313. The van der Waals surface area contributed by atoms with Gasteiger partial charge >= 0.3 is 0 Å². The molecule has 6 nitrogen and oxygen atoms in total. The molecule has 0 radical (unpaired) electrons. The highest BCUT2D eigenvalue weighted by atomic mass is 32.1. The Kier molecular flexibility index (Phi) is 6.04. The molecule has 4 rings (SSSR count). The quantitative estimate of drug-likeness (QED) is 0.463. The fourth-order valence-corrected chi connectivity index (χ4v) is 4.51. The van der Waals surface area contributed by atoms with Crippen LogP contribution < -0.4 is 15.7 Å². The van der Waals surface area contributed by atoms with E-state index in [0.29, 0.717) is 29.3 Å². The number of ether oxygens (including phenoxy) is 1. The maximum Gasteiger partial charge on any atom is 0.263 e. The number of aromatic amines is 1. The van der Waals surface area contributed by atoms with Crippen molar-refractivity contribution in [1.29, 1.82) is 0 Å². The van der Waals surface area contributed by atoms with Crippen LogP contribution in [0.5, 0.6) is 5.75 Å². The first-order valence-electron chi connectivity index (χ1n) is 10.4. The lowest BCUT2D eigenvalue weighted by Crippen LogP contribution is -2.25. The van der Waals surface area contributed by atoms with Gasteiger partial charge in [0.05, 0.1) is 18.5 Å². The average Bonchev–Trinajstić information content (AvgIpc) is 3.20. The zero-order valence-corrected chi connectivity index (χ0v) is 18.7. The summed E-state index contributed by atoms with van der Waals surface area (Å²) >= 11 is 1.48. The number of hydrogen-bond donors (Lipinski definition) is 1. The molecule has 0 unspecified atom stereocenters. The molecule has 0 amide bonds. The Morgan fingerprint density at radius 2 is 1.94 bits per heavy atom. The van der Waals surface area contributed by atoms with E-state index in [1.165, 1.54) is 23.0 Å². The Labute approximate surface area is 184 Å². The Balaban J connectivity index is 1.74. The van der Waals surface area contributed by atoms with Crippen LogP contribution >= 0.6 is 11.3 Å². The summed E-state index contributed by atoms with van der Waals surface area (Å²) in [6.07, 6.45) is 3.36. The van der Waals surface area contributed by atoms with Gasteiger partial charge in [0, 0.05) is 28.9 Å². The van der Waals surface area contributed by atoms with Gasteiger partial charge in [-0.25, -0.2) is 4.98 Å². The Morgan fingerprint density at radius 1 is 1.16 bits per heavy atom. The van der Waals surface area contributed by atoms with Gasteiger partial charge in [0.15, 0.2) is 5.75 Å². The van der Waals surface area contributed by atoms with E-state index in [-0.39, 0.29) is 17.5 Å². The van der Waals surface area contributed by atoms with E-state index in [0.717, 1.165) is 28.8 Å². The van der Waals surface area contributed by atoms with Crippen LogP contribution in [0.4, 0.5) is 0 Å². The summed E-state index contributed by atoms with van der Waals surface area (Å²) in [4.78, 5) is 34.2. The van der Waals surface area contributed by atoms with Crippen LogP contribution in [0.15, 0.2) is 51.5 Å².